The molecule has 3 aromatic rings. The molecule has 1 amide bonds. The Morgan fingerprint density at radius 1 is 0.900 bits per heavy atom. The van der Waals surface area contributed by atoms with Crippen molar-refractivity contribution in [1.82, 2.24) is 5.32 Å². The number of anilines is 1. The summed E-state index contributed by atoms with van der Waals surface area (Å²) in [5.41, 5.74) is 1.50. The van der Waals surface area contributed by atoms with Crippen molar-refractivity contribution in [3.63, 3.8) is 0 Å². The van der Waals surface area contributed by atoms with Crippen molar-refractivity contribution in [2.45, 2.75) is 30.7 Å². The summed E-state index contributed by atoms with van der Waals surface area (Å²) in [4.78, 5) is 13.1. The van der Waals surface area contributed by atoms with Crippen molar-refractivity contribution < 1.29 is 13.2 Å². The first-order valence-corrected chi connectivity index (χ1v) is 11.1. The summed E-state index contributed by atoms with van der Waals surface area (Å²) in [5, 5.41) is 3.05. The van der Waals surface area contributed by atoms with Gasteiger partial charge < -0.3 is 5.32 Å². The van der Waals surface area contributed by atoms with Gasteiger partial charge in [-0.25, -0.2) is 8.42 Å². The lowest BCUT2D eigenvalue weighted by atomic mass is 9.94. The predicted octanol–water partition coefficient (Wildman–Crippen LogP) is 4.26. The average molecular weight is 423 g/mol. The molecule has 0 aliphatic rings. The fourth-order valence-electron chi connectivity index (χ4n) is 3.26. The highest BCUT2D eigenvalue weighted by atomic mass is 32.2. The molecule has 156 valence electrons. The summed E-state index contributed by atoms with van der Waals surface area (Å²) in [7, 11) is -2.22. The van der Waals surface area contributed by atoms with Crippen LogP contribution in [-0.4, -0.2) is 26.9 Å². The van der Waals surface area contributed by atoms with E-state index in [1.54, 1.807) is 54.6 Å². The molecule has 0 radical (unpaired) electrons. The molecule has 0 aromatic heterocycles. The van der Waals surface area contributed by atoms with E-state index >= 15 is 0 Å². The van der Waals surface area contributed by atoms with Crippen molar-refractivity contribution in [2.75, 3.05) is 11.4 Å². The molecule has 0 saturated carbocycles. The highest BCUT2D eigenvalue weighted by molar-refractivity contribution is 7.92. The molecule has 0 saturated heterocycles. The number of sulfonamides is 1. The van der Waals surface area contributed by atoms with Crippen LogP contribution in [0.4, 0.5) is 5.69 Å². The SMILES string of the molecule is CN(c1cccc(C(=O)NC(C)(C)Cc2ccccc2)c1)S(=O)(=O)c1ccccc1. The first-order chi connectivity index (χ1) is 14.2. The highest BCUT2D eigenvalue weighted by Gasteiger charge is 2.24. The van der Waals surface area contributed by atoms with Gasteiger partial charge >= 0.3 is 0 Å². The molecule has 0 bridgehead atoms. The summed E-state index contributed by atoms with van der Waals surface area (Å²) in [5.74, 6) is -0.247. The zero-order valence-electron chi connectivity index (χ0n) is 17.4. The van der Waals surface area contributed by atoms with E-state index in [0.29, 0.717) is 17.7 Å². The molecule has 30 heavy (non-hydrogen) atoms. The molecule has 6 heteroatoms. The maximum Gasteiger partial charge on any atom is 0.264 e. The van der Waals surface area contributed by atoms with Gasteiger partial charge in [-0.1, -0.05) is 54.6 Å². The second kappa shape index (κ2) is 8.71. The third-order valence-corrected chi connectivity index (χ3v) is 6.61. The molecule has 0 heterocycles. The van der Waals surface area contributed by atoms with Crippen LogP contribution < -0.4 is 9.62 Å². The number of nitrogens with one attached hydrogen (secondary N) is 1. The number of hydrogen-bond donors (Lipinski definition) is 1. The molecule has 0 spiro atoms. The molecular formula is C24H26N2O3S. The lowest BCUT2D eigenvalue weighted by Crippen LogP contribution is -2.45. The minimum atomic E-state index is -3.71. The molecule has 0 atom stereocenters. The number of amides is 1. The monoisotopic (exact) mass is 422 g/mol. The summed E-state index contributed by atoms with van der Waals surface area (Å²) < 4.78 is 26.9. The molecule has 0 unspecified atom stereocenters. The van der Waals surface area contributed by atoms with E-state index in [-0.39, 0.29) is 10.8 Å². The molecule has 0 aliphatic carbocycles. The Morgan fingerprint density at radius 2 is 1.50 bits per heavy atom. The molecule has 0 aliphatic heterocycles. The van der Waals surface area contributed by atoms with E-state index < -0.39 is 15.6 Å². The van der Waals surface area contributed by atoms with Gasteiger partial charge in [0, 0.05) is 18.2 Å². The van der Waals surface area contributed by atoms with Gasteiger partial charge in [-0.15, -0.1) is 0 Å². The Bertz CT molecular complexity index is 1110. The standard InChI is InChI=1S/C24H26N2O3S/c1-24(2,18-19-11-6-4-7-12-19)25-23(27)20-13-10-14-21(17-20)26(3)30(28,29)22-15-8-5-9-16-22/h4-17H,18H2,1-3H3,(H,25,27). The lowest BCUT2D eigenvalue weighted by Gasteiger charge is -2.27. The molecule has 3 rings (SSSR count). The summed E-state index contributed by atoms with van der Waals surface area (Å²) in [6, 6.07) is 24.8. The first kappa shape index (κ1) is 21.6. The second-order valence-electron chi connectivity index (χ2n) is 7.84. The van der Waals surface area contributed by atoms with Gasteiger partial charge in [-0.2, -0.15) is 0 Å². The van der Waals surface area contributed by atoms with Crippen LogP contribution in [0, 0.1) is 0 Å². The smallest absolute Gasteiger partial charge is 0.264 e. The highest BCUT2D eigenvalue weighted by Crippen LogP contribution is 2.23. The molecule has 1 N–H and O–H groups in total. The van der Waals surface area contributed by atoms with Crippen molar-refractivity contribution in [2.24, 2.45) is 0 Å². The Kier molecular flexibility index (Phi) is 6.27. The minimum absolute atomic E-state index is 0.200. The Labute approximate surface area is 178 Å². The van der Waals surface area contributed by atoms with E-state index in [9.17, 15) is 13.2 Å². The molecule has 0 fully saturated rings. The van der Waals surface area contributed by atoms with Crippen molar-refractivity contribution in [1.29, 1.82) is 0 Å². The van der Waals surface area contributed by atoms with Crippen molar-refractivity contribution in [3.8, 4) is 0 Å². The number of carbonyl (C=O) groups excluding carboxylic acids is 1. The lowest BCUT2D eigenvalue weighted by molar-refractivity contribution is 0.0913. The van der Waals surface area contributed by atoms with E-state index in [1.807, 2.05) is 44.2 Å². The first-order valence-electron chi connectivity index (χ1n) is 9.69. The average Bonchev–Trinajstić information content (AvgIpc) is 2.74. The second-order valence-corrected chi connectivity index (χ2v) is 9.81. The molecule has 3 aromatic carbocycles. The topological polar surface area (TPSA) is 66.5 Å². The number of benzene rings is 3. The van der Waals surface area contributed by atoms with E-state index in [0.717, 1.165) is 5.56 Å². The Hall–Kier alpha value is -3.12. The van der Waals surface area contributed by atoms with Crippen molar-refractivity contribution >= 4 is 21.6 Å². The number of nitrogens with zero attached hydrogens (tertiary/aromatic N) is 1. The van der Waals surface area contributed by atoms with Gasteiger partial charge in [0.1, 0.15) is 0 Å². The van der Waals surface area contributed by atoms with Crippen LogP contribution in [0.15, 0.2) is 89.8 Å². The zero-order valence-corrected chi connectivity index (χ0v) is 18.2. The maximum absolute atomic E-state index is 12.9. The van der Waals surface area contributed by atoms with Crippen LogP contribution in [0.3, 0.4) is 0 Å². The van der Waals surface area contributed by atoms with Crippen LogP contribution >= 0.6 is 0 Å². The van der Waals surface area contributed by atoms with Gasteiger partial charge in [0.05, 0.1) is 10.6 Å². The largest absolute Gasteiger partial charge is 0.347 e. The van der Waals surface area contributed by atoms with Gasteiger partial charge in [0.25, 0.3) is 15.9 Å². The quantitative estimate of drug-likeness (QED) is 0.619. The third kappa shape index (κ3) is 5.07. The fourth-order valence-corrected chi connectivity index (χ4v) is 4.47. The third-order valence-electron chi connectivity index (χ3n) is 4.81. The van der Waals surface area contributed by atoms with E-state index in [2.05, 4.69) is 5.32 Å². The maximum atomic E-state index is 12.9. The van der Waals surface area contributed by atoms with Gasteiger partial charge in [0.2, 0.25) is 0 Å². The Morgan fingerprint density at radius 3 is 2.13 bits per heavy atom. The summed E-state index contributed by atoms with van der Waals surface area (Å²) >= 11 is 0. The number of rotatable bonds is 7. The van der Waals surface area contributed by atoms with Gasteiger partial charge in [0.15, 0.2) is 0 Å². The number of carbonyl (C=O) groups is 1. The molecular weight excluding hydrogens is 396 g/mol. The summed E-state index contributed by atoms with van der Waals surface area (Å²) in [6.07, 6.45) is 0.682. The fraction of sp³-hybridized carbons (Fsp3) is 0.208. The van der Waals surface area contributed by atoms with Gasteiger partial charge in [-0.3, -0.25) is 9.10 Å². The van der Waals surface area contributed by atoms with Crippen LogP contribution in [-0.2, 0) is 16.4 Å². The van der Waals surface area contributed by atoms with Crippen LogP contribution in [0.2, 0.25) is 0 Å². The summed E-state index contributed by atoms with van der Waals surface area (Å²) in [6.45, 7) is 3.93. The predicted molar refractivity (Wildman–Crippen MR) is 120 cm³/mol. The van der Waals surface area contributed by atoms with E-state index in [1.165, 1.54) is 11.4 Å². The van der Waals surface area contributed by atoms with Crippen LogP contribution in [0.5, 0.6) is 0 Å². The molecule has 5 nitrogen and oxygen atoms in total. The number of hydrogen-bond acceptors (Lipinski definition) is 3. The normalized spacial score (nSPS) is 11.7. The van der Waals surface area contributed by atoms with Crippen molar-refractivity contribution in [3.05, 3.63) is 96.1 Å². The van der Waals surface area contributed by atoms with Gasteiger partial charge in [-0.05, 0) is 56.2 Å². The Balaban J connectivity index is 1.78. The van der Waals surface area contributed by atoms with Crippen LogP contribution in [0.25, 0.3) is 0 Å². The van der Waals surface area contributed by atoms with E-state index in [4.69, 9.17) is 0 Å². The van der Waals surface area contributed by atoms with Crippen LogP contribution in [0.1, 0.15) is 29.8 Å². The minimum Gasteiger partial charge on any atom is -0.347 e. The zero-order chi connectivity index (χ0) is 21.8.